The Morgan fingerprint density at radius 2 is 2.14 bits per heavy atom. The molecule has 1 fully saturated rings. The number of carbonyl (C=O) groups excluding carboxylic acids is 2. The van der Waals surface area contributed by atoms with E-state index < -0.39 is 0 Å². The third-order valence-corrected chi connectivity index (χ3v) is 4.32. The summed E-state index contributed by atoms with van der Waals surface area (Å²) in [7, 11) is 1.90. The molecule has 1 atom stereocenters. The summed E-state index contributed by atoms with van der Waals surface area (Å²) in [6.07, 6.45) is 1.57. The topological polar surface area (TPSA) is 54.3 Å². The summed E-state index contributed by atoms with van der Waals surface area (Å²) in [6.45, 7) is 3.12. The van der Waals surface area contributed by atoms with Gasteiger partial charge in [-0.25, -0.2) is 0 Å². The van der Waals surface area contributed by atoms with Crippen LogP contribution in [0, 0.1) is 0 Å². The van der Waals surface area contributed by atoms with Crippen molar-refractivity contribution >= 4 is 22.7 Å². The first-order chi connectivity index (χ1) is 10.6. The maximum absolute atomic E-state index is 12.9. The van der Waals surface area contributed by atoms with Crippen molar-refractivity contribution in [3.63, 3.8) is 0 Å². The summed E-state index contributed by atoms with van der Waals surface area (Å²) < 4.78 is 1.91. The van der Waals surface area contributed by atoms with E-state index >= 15 is 0 Å². The van der Waals surface area contributed by atoms with Crippen LogP contribution >= 0.6 is 0 Å². The second-order valence-corrected chi connectivity index (χ2v) is 5.74. The molecule has 2 heterocycles. The molecule has 1 aromatic heterocycles. The summed E-state index contributed by atoms with van der Waals surface area (Å²) in [5, 5.41) is 3.90. The van der Waals surface area contributed by atoms with Gasteiger partial charge in [0.25, 0.3) is 5.91 Å². The average molecular weight is 299 g/mol. The number of fused-ring (bicyclic) bond motifs is 1. The fourth-order valence-corrected chi connectivity index (χ4v) is 3.16. The summed E-state index contributed by atoms with van der Waals surface area (Å²) in [6, 6.07) is 9.48. The Morgan fingerprint density at radius 1 is 1.36 bits per heavy atom. The minimum Gasteiger partial charge on any atom is -0.353 e. The number of para-hydroxylation sites is 1. The van der Waals surface area contributed by atoms with Crippen LogP contribution in [0.5, 0.6) is 0 Å². The van der Waals surface area contributed by atoms with Gasteiger partial charge in [-0.2, -0.15) is 0 Å². The lowest BCUT2D eigenvalue weighted by atomic mass is 10.1. The van der Waals surface area contributed by atoms with Crippen molar-refractivity contribution in [2.75, 3.05) is 13.1 Å². The third kappa shape index (κ3) is 2.36. The first-order valence-corrected chi connectivity index (χ1v) is 7.76. The van der Waals surface area contributed by atoms with E-state index in [1.54, 1.807) is 4.90 Å². The molecule has 0 saturated carbocycles. The van der Waals surface area contributed by atoms with E-state index in [4.69, 9.17) is 0 Å². The summed E-state index contributed by atoms with van der Waals surface area (Å²) in [4.78, 5) is 26.7. The summed E-state index contributed by atoms with van der Waals surface area (Å²) in [5.74, 6) is -0.104. The van der Waals surface area contributed by atoms with Crippen molar-refractivity contribution in [3.8, 4) is 0 Å². The van der Waals surface area contributed by atoms with Crippen LogP contribution in [-0.4, -0.2) is 40.4 Å². The Morgan fingerprint density at radius 3 is 2.86 bits per heavy atom. The summed E-state index contributed by atoms with van der Waals surface area (Å²) >= 11 is 0. The number of nitrogens with one attached hydrogen (secondary N) is 1. The zero-order valence-corrected chi connectivity index (χ0v) is 13.0. The number of benzene rings is 1. The molecular weight excluding hydrogens is 278 g/mol. The van der Waals surface area contributed by atoms with Gasteiger partial charge in [0.15, 0.2) is 0 Å². The molecular formula is C17H21N3O2. The SMILES string of the molecule is CCCC1C(=O)NCCN1C(=O)c1cc2ccccc2n1C. The first kappa shape index (κ1) is 14.6. The molecule has 2 aromatic rings. The lowest BCUT2D eigenvalue weighted by molar-refractivity contribution is -0.128. The van der Waals surface area contributed by atoms with E-state index in [9.17, 15) is 9.59 Å². The van der Waals surface area contributed by atoms with Gasteiger partial charge in [-0.05, 0) is 18.6 Å². The van der Waals surface area contributed by atoms with Crippen LogP contribution < -0.4 is 5.32 Å². The Kier molecular flexibility index (Phi) is 3.88. The average Bonchev–Trinajstić information content (AvgIpc) is 2.86. The number of carbonyl (C=O) groups is 2. The lowest BCUT2D eigenvalue weighted by Crippen LogP contribution is -2.57. The lowest BCUT2D eigenvalue weighted by Gasteiger charge is -2.35. The normalized spacial score (nSPS) is 18.5. The van der Waals surface area contributed by atoms with Gasteiger partial charge in [-0.1, -0.05) is 31.5 Å². The minimum atomic E-state index is -0.357. The van der Waals surface area contributed by atoms with Crippen LogP contribution in [0.4, 0.5) is 0 Å². The molecule has 116 valence electrons. The van der Waals surface area contributed by atoms with Crippen molar-refractivity contribution in [3.05, 3.63) is 36.0 Å². The molecule has 1 aliphatic heterocycles. The quantitative estimate of drug-likeness (QED) is 0.941. The molecule has 2 amide bonds. The van der Waals surface area contributed by atoms with Gasteiger partial charge in [-0.3, -0.25) is 9.59 Å². The van der Waals surface area contributed by atoms with E-state index in [-0.39, 0.29) is 17.9 Å². The first-order valence-electron chi connectivity index (χ1n) is 7.76. The van der Waals surface area contributed by atoms with Crippen LogP contribution in [-0.2, 0) is 11.8 Å². The fraction of sp³-hybridized carbons (Fsp3) is 0.412. The molecule has 0 aliphatic carbocycles. The highest BCUT2D eigenvalue weighted by Gasteiger charge is 2.33. The number of amides is 2. The highest BCUT2D eigenvalue weighted by atomic mass is 16.2. The Labute approximate surface area is 129 Å². The molecule has 1 saturated heterocycles. The van der Waals surface area contributed by atoms with Gasteiger partial charge in [0.1, 0.15) is 11.7 Å². The summed E-state index contributed by atoms with van der Waals surface area (Å²) in [5.41, 5.74) is 1.66. The molecule has 0 bridgehead atoms. The van der Waals surface area contributed by atoms with Crippen molar-refractivity contribution in [1.29, 1.82) is 0 Å². The number of hydrogen-bond acceptors (Lipinski definition) is 2. The number of hydrogen-bond donors (Lipinski definition) is 1. The van der Waals surface area contributed by atoms with Gasteiger partial charge in [0, 0.05) is 31.0 Å². The molecule has 1 N–H and O–H groups in total. The number of aromatic nitrogens is 1. The smallest absolute Gasteiger partial charge is 0.271 e. The molecule has 1 aliphatic rings. The largest absolute Gasteiger partial charge is 0.353 e. The molecule has 1 aromatic carbocycles. The number of aryl methyl sites for hydroxylation is 1. The van der Waals surface area contributed by atoms with E-state index in [0.717, 1.165) is 17.3 Å². The standard InChI is InChI=1S/C17H21N3O2/c1-3-6-14-16(21)18-9-10-20(14)17(22)15-11-12-7-4-5-8-13(12)19(15)2/h4-5,7-8,11,14H,3,6,9-10H2,1-2H3,(H,18,21). The van der Waals surface area contributed by atoms with Crippen molar-refractivity contribution < 1.29 is 9.59 Å². The number of nitrogens with zero attached hydrogens (tertiary/aromatic N) is 2. The number of piperazine rings is 1. The molecule has 22 heavy (non-hydrogen) atoms. The Hall–Kier alpha value is -2.30. The Balaban J connectivity index is 1.97. The van der Waals surface area contributed by atoms with Gasteiger partial charge in [-0.15, -0.1) is 0 Å². The second kappa shape index (κ2) is 5.83. The zero-order valence-electron chi connectivity index (χ0n) is 13.0. The molecule has 1 unspecified atom stereocenters. The monoisotopic (exact) mass is 299 g/mol. The molecule has 3 rings (SSSR count). The molecule has 0 spiro atoms. The van der Waals surface area contributed by atoms with Gasteiger partial charge >= 0.3 is 0 Å². The Bertz CT molecular complexity index is 720. The van der Waals surface area contributed by atoms with Gasteiger partial charge in [0.2, 0.25) is 5.91 Å². The van der Waals surface area contributed by atoms with Crippen molar-refractivity contribution in [1.82, 2.24) is 14.8 Å². The van der Waals surface area contributed by atoms with Crippen molar-refractivity contribution in [2.45, 2.75) is 25.8 Å². The van der Waals surface area contributed by atoms with Gasteiger partial charge < -0.3 is 14.8 Å². The van der Waals surface area contributed by atoms with E-state index in [1.165, 1.54) is 0 Å². The minimum absolute atomic E-state index is 0.0415. The third-order valence-electron chi connectivity index (χ3n) is 4.32. The maximum atomic E-state index is 12.9. The second-order valence-electron chi connectivity index (χ2n) is 5.74. The van der Waals surface area contributed by atoms with Crippen LogP contribution in [0.15, 0.2) is 30.3 Å². The van der Waals surface area contributed by atoms with Crippen LogP contribution in [0.2, 0.25) is 0 Å². The number of rotatable bonds is 3. The predicted molar refractivity (Wildman–Crippen MR) is 85.7 cm³/mol. The fourth-order valence-electron chi connectivity index (χ4n) is 3.16. The maximum Gasteiger partial charge on any atom is 0.271 e. The molecule has 5 heteroatoms. The zero-order chi connectivity index (χ0) is 15.7. The van der Waals surface area contributed by atoms with Crippen LogP contribution in [0.1, 0.15) is 30.3 Å². The van der Waals surface area contributed by atoms with E-state index in [0.29, 0.717) is 25.2 Å². The van der Waals surface area contributed by atoms with Gasteiger partial charge in [0.05, 0.1) is 0 Å². The van der Waals surface area contributed by atoms with Crippen molar-refractivity contribution in [2.24, 2.45) is 7.05 Å². The highest BCUT2D eigenvalue weighted by molar-refractivity contribution is 6.01. The van der Waals surface area contributed by atoms with E-state index in [1.807, 2.05) is 48.9 Å². The predicted octanol–water partition coefficient (Wildman–Crippen LogP) is 1.92. The molecule has 0 radical (unpaired) electrons. The molecule has 5 nitrogen and oxygen atoms in total. The highest BCUT2D eigenvalue weighted by Crippen LogP contribution is 2.21. The van der Waals surface area contributed by atoms with Crippen LogP contribution in [0.25, 0.3) is 10.9 Å². The van der Waals surface area contributed by atoms with E-state index in [2.05, 4.69) is 5.32 Å². The van der Waals surface area contributed by atoms with Crippen LogP contribution in [0.3, 0.4) is 0 Å².